The summed E-state index contributed by atoms with van der Waals surface area (Å²) in [6.45, 7) is 11.1. The van der Waals surface area contributed by atoms with Gasteiger partial charge in [0.15, 0.2) is 5.82 Å². The molecule has 2 aliphatic carbocycles. The first-order valence-corrected chi connectivity index (χ1v) is 28.1. The number of likely N-dealkylation sites (tertiary alicyclic amines) is 3. The number of anilines is 3. The molecule has 74 heavy (non-hydrogen) atoms. The van der Waals surface area contributed by atoms with Crippen molar-refractivity contribution in [1.82, 2.24) is 44.4 Å². The lowest BCUT2D eigenvalue weighted by Crippen LogP contribution is -2.58. The Hall–Kier alpha value is -5.94. The second-order valence-corrected chi connectivity index (χ2v) is 23.3. The van der Waals surface area contributed by atoms with Gasteiger partial charge in [0.2, 0.25) is 29.5 Å². The predicted molar refractivity (Wildman–Crippen MR) is 284 cm³/mol. The second-order valence-electron chi connectivity index (χ2n) is 23.3. The van der Waals surface area contributed by atoms with E-state index in [1.54, 1.807) is 6.20 Å². The number of piperidine rings is 5. The standard InChI is InChI=1S/C57H74N12O5/c1-36(2)68-35-59-47-32-46(61-53(52(47)68)60-40-9-10-40)38-7-12-45-48(29-38)69(43-30-42(31-43)65-21-5-4-6-22-65)56(74)57(45)19-27-64(28-20-57)34-51(71)63(3)41-17-25-67(26-18-41)55(73)37-15-23-66(24-16-37)49-13-8-39(33-58-49)44-11-14-50(70)62-54(44)72/h7-8,12-13,29,32-33,35-37,40-44H,4-6,9-11,14-28,30-31,34H2,1-3H3,(H,60,61)(H,62,70,72). The number of imide groups is 1. The third-order valence-electron chi connectivity index (χ3n) is 18.5. The molecule has 7 fully saturated rings. The van der Waals surface area contributed by atoms with Gasteiger partial charge in [0, 0.05) is 106 Å². The monoisotopic (exact) mass is 1010 g/mol. The van der Waals surface area contributed by atoms with Crippen molar-refractivity contribution in [2.24, 2.45) is 5.92 Å². The number of hydrogen-bond donors (Lipinski definition) is 2. The fourth-order valence-electron chi connectivity index (χ4n) is 13.6. The summed E-state index contributed by atoms with van der Waals surface area (Å²) in [5.41, 5.74) is 6.17. The van der Waals surface area contributed by atoms with Crippen molar-refractivity contribution in [1.29, 1.82) is 0 Å². The van der Waals surface area contributed by atoms with Gasteiger partial charge >= 0.3 is 0 Å². The van der Waals surface area contributed by atoms with Crippen LogP contribution in [-0.2, 0) is 29.4 Å². The van der Waals surface area contributed by atoms with Crippen LogP contribution in [0.2, 0.25) is 0 Å². The molecule has 9 heterocycles. The van der Waals surface area contributed by atoms with Crippen LogP contribution >= 0.6 is 0 Å². The molecule has 6 aliphatic heterocycles. The Labute approximate surface area is 434 Å². The fraction of sp³-hybridized carbons (Fsp3) is 0.614. The largest absolute Gasteiger partial charge is 0.366 e. The maximum Gasteiger partial charge on any atom is 0.238 e. The Balaban J connectivity index is 0.668. The summed E-state index contributed by atoms with van der Waals surface area (Å²) in [5, 5.41) is 6.14. The molecule has 2 N–H and O–H groups in total. The average Bonchev–Trinajstić information content (AvgIpc) is 4.10. The molecule has 17 heteroatoms. The number of fused-ring (bicyclic) bond motifs is 3. The van der Waals surface area contributed by atoms with E-state index in [1.807, 2.05) is 35.3 Å². The molecule has 5 saturated heterocycles. The van der Waals surface area contributed by atoms with E-state index in [4.69, 9.17) is 9.97 Å². The van der Waals surface area contributed by atoms with Gasteiger partial charge in [-0.2, -0.15) is 0 Å². The molecular weight excluding hydrogens is 933 g/mol. The molecule has 5 amide bonds. The van der Waals surface area contributed by atoms with Gasteiger partial charge in [0.05, 0.1) is 35.4 Å². The van der Waals surface area contributed by atoms with Gasteiger partial charge in [-0.05, 0) is 140 Å². The van der Waals surface area contributed by atoms with Crippen molar-refractivity contribution < 1.29 is 24.0 Å². The first-order valence-electron chi connectivity index (χ1n) is 28.1. The number of nitrogens with one attached hydrogen (secondary N) is 2. The van der Waals surface area contributed by atoms with E-state index in [0.29, 0.717) is 70.5 Å². The van der Waals surface area contributed by atoms with Gasteiger partial charge in [0.1, 0.15) is 11.3 Å². The summed E-state index contributed by atoms with van der Waals surface area (Å²) in [5.74, 6) is 1.36. The van der Waals surface area contributed by atoms with Crippen LogP contribution in [0.4, 0.5) is 17.3 Å². The zero-order valence-corrected chi connectivity index (χ0v) is 43.6. The minimum absolute atomic E-state index is 0.0410. The molecule has 3 aromatic heterocycles. The van der Waals surface area contributed by atoms with Crippen molar-refractivity contribution in [2.45, 2.75) is 152 Å². The Bertz CT molecular complexity index is 2790. The summed E-state index contributed by atoms with van der Waals surface area (Å²) < 4.78 is 2.20. The van der Waals surface area contributed by atoms with Crippen LogP contribution in [0.25, 0.3) is 22.3 Å². The molecule has 1 spiro atoms. The Morgan fingerprint density at radius 1 is 0.838 bits per heavy atom. The first kappa shape index (κ1) is 49.0. The van der Waals surface area contributed by atoms with E-state index in [1.165, 1.54) is 19.3 Å². The zero-order valence-electron chi connectivity index (χ0n) is 43.6. The highest BCUT2D eigenvalue weighted by atomic mass is 16.2. The van der Waals surface area contributed by atoms with E-state index >= 15 is 4.79 Å². The average molecular weight is 1010 g/mol. The SMILES string of the molecule is CC(C)n1cnc2cc(-c3ccc4c(c3)N(C3CC(N5CCCCC5)C3)C(=O)C43CCN(CC(=O)N(C)C4CCN(C(=O)C5CCN(c6ccc(C7CCC(=O)NC7=O)cn6)CC5)CC4)CC3)nc(NC3CC3)c21. The highest BCUT2D eigenvalue weighted by Gasteiger charge is 2.56. The first-order chi connectivity index (χ1) is 35.9. The number of amides is 5. The van der Waals surface area contributed by atoms with Crippen molar-refractivity contribution in [2.75, 3.05) is 81.1 Å². The lowest BCUT2D eigenvalue weighted by Gasteiger charge is -2.48. The third-order valence-corrected chi connectivity index (χ3v) is 18.5. The summed E-state index contributed by atoms with van der Waals surface area (Å²) in [6, 6.07) is 14.1. The maximum absolute atomic E-state index is 15.2. The smallest absolute Gasteiger partial charge is 0.238 e. The van der Waals surface area contributed by atoms with Crippen LogP contribution in [0.3, 0.4) is 0 Å². The Morgan fingerprint density at radius 2 is 1.59 bits per heavy atom. The Kier molecular flexibility index (Phi) is 13.2. The van der Waals surface area contributed by atoms with Gasteiger partial charge in [-0.25, -0.2) is 15.0 Å². The quantitative estimate of drug-likeness (QED) is 0.154. The van der Waals surface area contributed by atoms with Crippen LogP contribution in [-0.4, -0.2) is 159 Å². The molecule has 1 aromatic carbocycles. The number of carbonyl (C=O) groups excluding carboxylic acids is 5. The fourth-order valence-corrected chi connectivity index (χ4v) is 13.6. The molecule has 8 aliphatic rings. The number of carbonyl (C=O) groups is 5. The number of benzene rings is 1. The number of likely N-dealkylation sites (N-methyl/N-ethyl adjacent to an activating group) is 1. The maximum atomic E-state index is 15.2. The molecular formula is C57H74N12O5. The second kappa shape index (κ2) is 20.0. The van der Waals surface area contributed by atoms with Crippen molar-refractivity contribution in [3.63, 3.8) is 0 Å². The lowest BCUT2D eigenvalue weighted by atomic mass is 9.73. The molecule has 0 radical (unpaired) electrons. The number of rotatable bonds is 12. The lowest BCUT2D eigenvalue weighted by molar-refractivity contribution is -0.139. The minimum atomic E-state index is -0.625. The number of nitrogens with zero attached hydrogens (tertiary/aromatic N) is 10. The van der Waals surface area contributed by atoms with Gasteiger partial charge in [-0.1, -0.05) is 24.6 Å². The molecule has 0 bridgehead atoms. The van der Waals surface area contributed by atoms with Gasteiger partial charge < -0.3 is 34.4 Å². The molecule has 4 aromatic rings. The van der Waals surface area contributed by atoms with Crippen LogP contribution in [0.15, 0.2) is 48.9 Å². The topological polar surface area (TPSA) is 172 Å². The normalized spacial score (nSPS) is 25.2. The molecule has 1 atom stereocenters. The summed E-state index contributed by atoms with van der Waals surface area (Å²) in [7, 11) is 1.92. The predicted octanol–water partition coefficient (Wildman–Crippen LogP) is 6.23. The van der Waals surface area contributed by atoms with Gasteiger partial charge in [0.25, 0.3) is 0 Å². The van der Waals surface area contributed by atoms with E-state index in [2.05, 4.69) is 77.9 Å². The van der Waals surface area contributed by atoms with Crippen molar-refractivity contribution >= 4 is 57.9 Å². The van der Waals surface area contributed by atoms with Crippen LogP contribution in [0.1, 0.15) is 133 Å². The summed E-state index contributed by atoms with van der Waals surface area (Å²) in [6.07, 6.45) is 17.0. The Morgan fingerprint density at radius 3 is 2.28 bits per heavy atom. The van der Waals surface area contributed by atoms with Crippen molar-refractivity contribution in [3.8, 4) is 11.3 Å². The number of hydrogen-bond acceptors (Lipinski definition) is 12. The minimum Gasteiger partial charge on any atom is -0.366 e. The van der Waals surface area contributed by atoms with Gasteiger partial charge in [-0.15, -0.1) is 0 Å². The summed E-state index contributed by atoms with van der Waals surface area (Å²) >= 11 is 0. The molecule has 12 rings (SSSR count). The van der Waals surface area contributed by atoms with Crippen LogP contribution < -0.4 is 20.4 Å². The van der Waals surface area contributed by atoms with E-state index in [9.17, 15) is 19.2 Å². The number of imidazole rings is 1. The van der Waals surface area contributed by atoms with Gasteiger partial charge in [-0.3, -0.25) is 34.2 Å². The number of aromatic nitrogens is 4. The third kappa shape index (κ3) is 9.23. The zero-order chi connectivity index (χ0) is 50.8. The van der Waals surface area contributed by atoms with E-state index in [0.717, 1.165) is 128 Å². The van der Waals surface area contributed by atoms with E-state index < -0.39 is 5.41 Å². The highest BCUT2D eigenvalue weighted by molar-refractivity contribution is 6.09. The number of pyridine rings is 2. The van der Waals surface area contributed by atoms with Crippen molar-refractivity contribution in [3.05, 3.63) is 60.0 Å². The van der Waals surface area contributed by atoms with Crippen LogP contribution in [0.5, 0.6) is 0 Å². The molecule has 1 unspecified atom stereocenters. The highest BCUT2D eigenvalue weighted by Crippen LogP contribution is 2.52. The van der Waals surface area contributed by atoms with Crippen LogP contribution in [0, 0.1) is 5.92 Å². The molecule has 17 nitrogen and oxygen atoms in total. The van der Waals surface area contributed by atoms with E-state index in [-0.39, 0.29) is 59.5 Å². The summed E-state index contributed by atoms with van der Waals surface area (Å²) in [4.78, 5) is 95.0. The molecule has 392 valence electrons. The molecule has 2 saturated carbocycles.